The average molecular weight is 303 g/mol. The average Bonchev–Trinajstić information content (AvgIpc) is 2.94. The summed E-state index contributed by atoms with van der Waals surface area (Å²) in [5.74, 6) is -0.0715. The summed E-state index contributed by atoms with van der Waals surface area (Å²) in [5, 5.41) is 16.8. The maximum Gasteiger partial charge on any atom is 0.226 e. The van der Waals surface area contributed by atoms with Crippen LogP contribution in [0, 0.1) is 6.92 Å². The Morgan fingerprint density at radius 2 is 2.19 bits per heavy atom. The first kappa shape index (κ1) is 15.2. The molecule has 1 aromatic heterocycles. The van der Waals surface area contributed by atoms with E-state index in [9.17, 15) is 4.79 Å². The van der Waals surface area contributed by atoms with Gasteiger partial charge in [-0.25, -0.2) is 4.98 Å². The van der Waals surface area contributed by atoms with Gasteiger partial charge < -0.3 is 10.5 Å². The highest BCUT2D eigenvalue weighted by Gasteiger charge is 2.09. The number of rotatable bonds is 5. The maximum atomic E-state index is 11.9. The molecule has 0 saturated carbocycles. The van der Waals surface area contributed by atoms with Crippen LogP contribution in [0.3, 0.4) is 0 Å². The lowest BCUT2D eigenvalue weighted by atomic mass is 10.0. The van der Waals surface area contributed by atoms with Crippen LogP contribution in [0.1, 0.15) is 30.2 Å². The second-order valence-corrected chi connectivity index (χ2v) is 5.56. The number of oxime groups is 1. The number of amides is 1. The van der Waals surface area contributed by atoms with Crippen molar-refractivity contribution in [3.8, 4) is 0 Å². The number of anilines is 1. The van der Waals surface area contributed by atoms with Crippen molar-refractivity contribution in [2.75, 3.05) is 5.32 Å². The second kappa shape index (κ2) is 6.99. The molecule has 2 rings (SSSR count). The Hall–Kier alpha value is -2.21. The van der Waals surface area contributed by atoms with Crippen LogP contribution in [0.2, 0.25) is 0 Å². The van der Waals surface area contributed by atoms with E-state index in [1.54, 1.807) is 12.3 Å². The van der Waals surface area contributed by atoms with E-state index in [1.807, 2.05) is 31.2 Å². The molecule has 0 bridgehead atoms. The molecule has 1 aromatic carbocycles. The first-order valence-corrected chi connectivity index (χ1v) is 7.47. The first-order chi connectivity index (χ1) is 10.1. The smallest absolute Gasteiger partial charge is 0.226 e. The van der Waals surface area contributed by atoms with Crippen LogP contribution in [0.4, 0.5) is 5.13 Å². The van der Waals surface area contributed by atoms with Gasteiger partial charge in [0.2, 0.25) is 5.91 Å². The highest BCUT2D eigenvalue weighted by Crippen LogP contribution is 2.17. The molecule has 0 fully saturated rings. The zero-order valence-corrected chi connectivity index (χ0v) is 12.8. The third-order valence-corrected chi connectivity index (χ3v) is 3.91. The summed E-state index contributed by atoms with van der Waals surface area (Å²) in [7, 11) is 0. The van der Waals surface area contributed by atoms with E-state index in [2.05, 4.69) is 15.5 Å². The molecule has 0 aliphatic heterocycles. The number of hydrogen-bond acceptors (Lipinski definition) is 5. The largest absolute Gasteiger partial charge is 0.411 e. The fourth-order valence-electron chi connectivity index (χ4n) is 1.87. The van der Waals surface area contributed by atoms with Crippen LogP contribution in [-0.4, -0.2) is 21.8 Å². The third kappa shape index (κ3) is 4.13. The van der Waals surface area contributed by atoms with E-state index in [0.29, 0.717) is 29.4 Å². The number of carbonyl (C=O) groups is 1. The maximum absolute atomic E-state index is 11.9. The number of aromatic nitrogens is 1. The van der Waals surface area contributed by atoms with Gasteiger partial charge in [0.25, 0.3) is 0 Å². The number of carbonyl (C=O) groups excluding carboxylic acids is 1. The van der Waals surface area contributed by atoms with Crippen LogP contribution >= 0.6 is 11.3 Å². The van der Waals surface area contributed by atoms with E-state index in [1.165, 1.54) is 22.5 Å². The fraction of sp³-hybridized carbons (Fsp3) is 0.267. The summed E-state index contributed by atoms with van der Waals surface area (Å²) in [4.78, 5) is 16.1. The molecule has 5 nitrogen and oxygen atoms in total. The highest BCUT2D eigenvalue weighted by atomic mass is 32.1. The lowest BCUT2D eigenvalue weighted by molar-refractivity contribution is -0.116. The van der Waals surface area contributed by atoms with Crippen molar-refractivity contribution in [3.63, 3.8) is 0 Å². The molecule has 0 aliphatic rings. The van der Waals surface area contributed by atoms with Gasteiger partial charge in [0, 0.05) is 11.8 Å². The molecule has 0 atom stereocenters. The van der Waals surface area contributed by atoms with Gasteiger partial charge in [-0.3, -0.25) is 4.79 Å². The normalized spacial score (nSPS) is 11.4. The number of nitrogens with zero attached hydrogens (tertiary/aromatic N) is 2. The van der Waals surface area contributed by atoms with Crippen LogP contribution in [-0.2, 0) is 11.2 Å². The van der Waals surface area contributed by atoms with Crippen molar-refractivity contribution in [2.24, 2.45) is 5.16 Å². The van der Waals surface area contributed by atoms with E-state index in [0.717, 1.165) is 0 Å². The molecule has 0 saturated heterocycles. The van der Waals surface area contributed by atoms with Crippen LogP contribution < -0.4 is 5.32 Å². The molecule has 0 radical (unpaired) electrons. The summed E-state index contributed by atoms with van der Waals surface area (Å²) >= 11 is 1.31. The quantitative estimate of drug-likeness (QED) is 0.506. The minimum atomic E-state index is -0.0715. The molecule has 0 spiro atoms. The van der Waals surface area contributed by atoms with Crippen LogP contribution in [0.15, 0.2) is 34.8 Å². The van der Waals surface area contributed by atoms with E-state index in [4.69, 9.17) is 5.21 Å². The van der Waals surface area contributed by atoms with Crippen LogP contribution in [0.5, 0.6) is 0 Å². The Balaban J connectivity index is 1.90. The van der Waals surface area contributed by atoms with Crippen molar-refractivity contribution in [1.29, 1.82) is 0 Å². The molecule has 2 aromatic rings. The van der Waals surface area contributed by atoms with E-state index >= 15 is 0 Å². The van der Waals surface area contributed by atoms with Crippen molar-refractivity contribution in [3.05, 3.63) is 46.5 Å². The molecule has 1 heterocycles. The molecule has 6 heteroatoms. The summed E-state index contributed by atoms with van der Waals surface area (Å²) in [6.07, 6.45) is 1.11. The van der Waals surface area contributed by atoms with Crippen molar-refractivity contribution in [1.82, 2.24) is 4.98 Å². The van der Waals surface area contributed by atoms with Gasteiger partial charge in [0.1, 0.15) is 11.4 Å². The van der Waals surface area contributed by atoms with Gasteiger partial charge in [0.15, 0.2) is 5.13 Å². The van der Waals surface area contributed by atoms with Crippen LogP contribution in [0.25, 0.3) is 0 Å². The Bertz CT molecular complexity index is 664. The standard InChI is InChI=1S/C15H17N3O2S/c1-10-5-3-4-6-12(10)7-8-14(19)17-15-16-13(9-21-15)11(2)18-20/h3-6,9,20H,7-8H2,1-2H3,(H,16,17,19). The summed E-state index contributed by atoms with van der Waals surface area (Å²) in [5.41, 5.74) is 3.36. The van der Waals surface area contributed by atoms with Gasteiger partial charge in [-0.2, -0.15) is 0 Å². The number of thiazole rings is 1. The molecule has 0 aliphatic carbocycles. The minimum absolute atomic E-state index is 0.0715. The van der Waals surface area contributed by atoms with Gasteiger partial charge in [-0.1, -0.05) is 29.4 Å². The minimum Gasteiger partial charge on any atom is -0.411 e. The number of aryl methyl sites for hydroxylation is 2. The number of hydrogen-bond donors (Lipinski definition) is 2. The molecular weight excluding hydrogens is 286 g/mol. The van der Waals surface area contributed by atoms with Gasteiger partial charge >= 0.3 is 0 Å². The fourth-order valence-corrected chi connectivity index (χ4v) is 2.64. The Labute approximate surface area is 127 Å². The summed E-state index contributed by atoms with van der Waals surface area (Å²) < 4.78 is 0. The molecule has 2 N–H and O–H groups in total. The lowest BCUT2D eigenvalue weighted by Gasteiger charge is -2.05. The van der Waals surface area contributed by atoms with Crippen molar-refractivity contribution < 1.29 is 10.0 Å². The molecular formula is C15H17N3O2S. The predicted molar refractivity (Wildman–Crippen MR) is 84.2 cm³/mol. The Morgan fingerprint density at radius 3 is 2.90 bits per heavy atom. The third-order valence-electron chi connectivity index (χ3n) is 3.15. The lowest BCUT2D eigenvalue weighted by Crippen LogP contribution is -2.12. The molecule has 0 unspecified atom stereocenters. The van der Waals surface area contributed by atoms with Gasteiger partial charge in [-0.05, 0) is 31.4 Å². The number of benzene rings is 1. The summed E-state index contributed by atoms with van der Waals surface area (Å²) in [6.45, 7) is 3.69. The Morgan fingerprint density at radius 1 is 1.43 bits per heavy atom. The van der Waals surface area contributed by atoms with E-state index in [-0.39, 0.29) is 5.91 Å². The molecule has 21 heavy (non-hydrogen) atoms. The van der Waals surface area contributed by atoms with Crippen molar-refractivity contribution in [2.45, 2.75) is 26.7 Å². The monoisotopic (exact) mass is 303 g/mol. The molecule has 110 valence electrons. The zero-order chi connectivity index (χ0) is 15.2. The predicted octanol–water partition coefficient (Wildman–Crippen LogP) is 3.22. The first-order valence-electron chi connectivity index (χ1n) is 6.59. The SMILES string of the molecule is CC(=NO)c1csc(NC(=O)CCc2ccccc2C)n1. The van der Waals surface area contributed by atoms with E-state index < -0.39 is 0 Å². The highest BCUT2D eigenvalue weighted by molar-refractivity contribution is 7.14. The van der Waals surface area contributed by atoms with Gasteiger partial charge in [-0.15, -0.1) is 11.3 Å². The van der Waals surface area contributed by atoms with Crippen molar-refractivity contribution >= 4 is 28.1 Å². The zero-order valence-electron chi connectivity index (χ0n) is 12.0. The topological polar surface area (TPSA) is 74.6 Å². The summed E-state index contributed by atoms with van der Waals surface area (Å²) in [6, 6.07) is 8.04. The second-order valence-electron chi connectivity index (χ2n) is 4.70. The molecule has 1 amide bonds. The van der Waals surface area contributed by atoms with Gasteiger partial charge in [0.05, 0.1) is 0 Å². The Kier molecular flexibility index (Phi) is 5.05. The number of nitrogens with one attached hydrogen (secondary N) is 1.